The summed E-state index contributed by atoms with van der Waals surface area (Å²) in [6, 6.07) is 23.9. The number of halogens is 1. The van der Waals surface area contributed by atoms with Gasteiger partial charge in [-0.05, 0) is 65.1 Å². The van der Waals surface area contributed by atoms with Crippen molar-refractivity contribution >= 4 is 21.8 Å². The quantitative estimate of drug-likeness (QED) is 0.239. The van der Waals surface area contributed by atoms with Crippen LogP contribution in [-0.4, -0.2) is 36.7 Å². The number of aromatic nitrogens is 1. The molecule has 0 radical (unpaired) electrons. The molecule has 42 heavy (non-hydrogen) atoms. The number of hydrogen-bond donors (Lipinski definition) is 2. The molecule has 4 rings (SSSR count). The van der Waals surface area contributed by atoms with E-state index < -0.39 is 21.9 Å². The molecule has 8 nitrogen and oxygen atoms in total. The van der Waals surface area contributed by atoms with Gasteiger partial charge in [0.1, 0.15) is 11.9 Å². The number of pyridine rings is 1. The predicted molar refractivity (Wildman–Crippen MR) is 158 cm³/mol. The van der Waals surface area contributed by atoms with Crippen LogP contribution in [0, 0.1) is 5.82 Å². The van der Waals surface area contributed by atoms with Gasteiger partial charge in [0.15, 0.2) is 0 Å². The van der Waals surface area contributed by atoms with Gasteiger partial charge in [-0.2, -0.15) is 0 Å². The Hall–Kier alpha value is -4.41. The average Bonchev–Trinajstić information content (AvgIpc) is 3.01. The summed E-state index contributed by atoms with van der Waals surface area (Å²) in [5.41, 5.74) is 2.95. The molecule has 0 saturated heterocycles. The zero-order chi connectivity index (χ0) is 30.0. The Morgan fingerprint density at radius 2 is 1.50 bits per heavy atom. The maximum Gasteiger partial charge on any atom is 0.247 e. The summed E-state index contributed by atoms with van der Waals surface area (Å²) in [5, 5.41) is 2.95. The van der Waals surface area contributed by atoms with E-state index in [2.05, 4.69) is 15.0 Å². The molecule has 0 fully saturated rings. The Labute approximate surface area is 245 Å². The molecular formula is C32H33FN4O4S. The summed E-state index contributed by atoms with van der Waals surface area (Å²) in [6.07, 6.45) is 3.69. The monoisotopic (exact) mass is 588 g/mol. The first-order valence-electron chi connectivity index (χ1n) is 13.6. The standard InChI is InChI=1S/C32H33FN4O4S/c1-2-36-42(40,41)29-15-10-24(11-16-29)12-17-30(38)37(23-26-8-13-28(33)14-9-26)31(27-6-4-3-5-7-27)32(39)35-22-25-18-20-34-21-19-25/h3-11,13-16,18-21,31,36H,2,12,17,22-23H2,1H3,(H,35,39)/t31-/m1/s1. The summed E-state index contributed by atoms with van der Waals surface area (Å²) in [7, 11) is -3.59. The molecule has 1 heterocycles. The van der Waals surface area contributed by atoms with Crippen molar-refractivity contribution in [1.82, 2.24) is 19.9 Å². The van der Waals surface area contributed by atoms with Gasteiger partial charge in [0.25, 0.3) is 0 Å². The molecule has 0 aliphatic heterocycles. The van der Waals surface area contributed by atoms with Gasteiger partial charge in [0.2, 0.25) is 21.8 Å². The van der Waals surface area contributed by atoms with E-state index in [0.717, 1.165) is 11.1 Å². The number of nitrogens with zero attached hydrogens (tertiary/aromatic N) is 2. The molecule has 4 aromatic rings. The zero-order valence-electron chi connectivity index (χ0n) is 23.2. The number of sulfonamides is 1. The summed E-state index contributed by atoms with van der Waals surface area (Å²) >= 11 is 0. The molecule has 1 aromatic heterocycles. The van der Waals surface area contributed by atoms with Crippen molar-refractivity contribution in [2.24, 2.45) is 0 Å². The lowest BCUT2D eigenvalue weighted by atomic mass is 10.0. The zero-order valence-corrected chi connectivity index (χ0v) is 24.1. The Bertz CT molecular complexity index is 1570. The highest BCUT2D eigenvalue weighted by atomic mass is 32.2. The number of carbonyl (C=O) groups is 2. The van der Waals surface area contributed by atoms with Gasteiger partial charge >= 0.3 is 0 Å². The second kappa shape index (κ2) is 14.5. The van der Waals surface area contributed by atoms with E-state index in [1.807, 2.05) is 18.2 Å². The van der Waals surface area contributed by atoms with Crippen LogP contribution < -0.4 is 10.0 Å². The minimum Gasteiger partial charge on any atom is -0.350 e. The number of rotatable bonds is 13. The highest BCUT2D eigenvalue weighted by molar-refractivity contribution is 7.89. The molecule has 0 aliphatic carbocycles. The molecule has 0 bridgehead atoms. The van der Waals surface area contributed by atoms with Crippen LogP contribution in [0.25, 0.3) is 0 Å². The van der Waals surface area contributed by atoms with Gasteiger partial charge in [-0.15, -0.1) is 0 Å². The lowest BCUT2D eigenvalue weighted by molar-refractivity contribution is -0.141. The SMILES string of the molecule is CCNS(=O)(=O)c1ccc(CCC(=O)N(Cc2ccc(F)cc2)[C@@H](C(=O)NCc2ccncc2)c2ccccc2)cc1. The number of hydrogen-bond acceptors (Lipinski definition) is 5. The maximum absolute atomic E-state index is 13.9. The maximum atomic E-state index is 13.9. The summed E-state index contributed by atoms with van der Waals surface area (Å²) in [6.45, 7) is 2.32. The van der Waals surface area contributed by atoms with Crippen LogP contribution in [0.4, 0.5) is 4.39 Å². The highest BCUT2D eigenvalue weighted by Gasteiger charge is 2.31. The van der Waals surface area contributed by atoms with Crippen molar-refractivity contribution in [3.8, 4) is 0 Å². The largest absolute Gasteiger partial charge is 0.350 e. The predicted octanol–water partition coefficient (Wildman–Crippen LogP) is 4.54. The van der Waals surface area contributed by atoms with E-state index in [4.69, 9.17) is 0 Å². The Morgan fingerprint density at radius 3 is 2.14 bits per heavy atom. The third-order valence-electron chi connectivity index (χ3n) is 6.67. The molecule has 2 N–H and O–H groups in total. The van der Waals surface area contributed by atoms with Crippen molar-refractivity contribution in [1.29, 1.82) is 0 Å². The fourth-order valence-corrected chi connectivity index (χ4v) is 5.55. The molecule has 3 aromatic carbocycles. The molecule has 2 amide bonds. The third kappa shape index (κ3) is 8.31. The second-order valence-corrected chi connectivity index (χ2v) is 11.4. The van der Waals surface area contributed by atoms with E-state index in [0.29, 0.717) is 17.5 Å². The van der Waals surface area contributed by atoms with Crippen LogP contribution in [0.15, 0.2) is 108 Å². The van der Waals surface area contributed by atoms with Crippen LogP contribution in [0.2, 0.25) is 0 Å². The van der Waals surface area contributed by atoms with E-state index in [9.17, 15) is 22.4 Å². The second-order valence-electron chi connectivity index (χ2n) is 9.68. The van der Waals surface area contributed by atoms with E-state index in [1.165, 1.54) is 29.2 Å². The van der Waals surface area contributed by atoms with Gasteiger partial charge < -0.3 is 10.2 Å². The van der Waals surface area contributed by atoms with Gasteiger partial charge in [-0.1, -0.05) is 61.5 Å². The van der Waals surface area contributed by atoms with Crippen molar-refractivity contribution in [3.05, 3.63) is 131 Å². The number of benzene rings is 3. The lowest BCUT2D eigenvalue weighted by Gasteiger charge is -2.32. The van der Waals surface area contributed by atoms with Crippen molar-refractivity contribution in [2.45, 2.75) is 43.8 Å². The average molecular weight is 589 g/mol. The van der Waals surface area contributed by atoms with Crippen LogP contribution in [0.5, 0.6) is 0 Å². The summed E-state index contributed by atoms with van der Waals surface area (Å²) in [4.78, 5) is 33.2. The summed E-state index contributed by atoms with van der Waals surface area (Å²) in [5.74, 6) is -1.03. The Morgan fingerprint density at radius 1 is 0.857 bits per heavy atom. The number of amides is 2. The van der Waals surface area contributed by atoms with Crippen LogP contribution in [0.3, 0.4) is 0 Å². The Kier molecular flexibility index (Phi) is 10.5. The first kappa shape index (κ1) is 30.5. The number of nitrogens with one attached hydrogen (secondary N) is 2. The molecule has 0 spiro atoms. The normalized spacial score (nSPS) is 12.0. The van der Waals surface area contributed by atoms with Gasteiger partial charge in [-0.25, -0.2) is 17.5 Å². The van der Waals surface area contributed by atoms with Crippen molar-refractivity contribution in [2.75, 3.05) is 6.54 Å². The molecule has 0 aliphatic rings. The fourth-order valence-electron chi connectivity index (χ4n) is 4.51. The molecular weight excluding hydrogens is 555 g/mol. The van der Waals surface area contributed by atoms with Crippen molar-refractivity contribution in [3.63, 3.8) is 0 Å². The molecule has 1 atom stereocenters. The van der Waals surface area contributed by atoms with Crippen molar-refractivity contribution < 1.29 is 22.4 Å². The van der Waals surface area contributed by atoms with Gasteiger partial charge in [0.05, 0.1) is 4.90 Å². The lowest BCUT2D eigenvalue weighted by Crippen LogP contribution is -2.43. The minimum atomic E-state index is -3.59. The molecule has 0 saturated carbocycles. The Balaban J connectivity index is 1.59. The van der Waals surface area contributed by atoms with Crippen LogP contribution in [0.1, 0.15) is 41.6 Å². The van der Waals surface area contributed by atoms with Crippen LogP contribution >= 0.6 is 0 Å². The van der Waals surface area contributed by atoms with E-state index >= 15 is 0 Å². The first-order valence-corrected chi connectivity index (χ1v) is 15.1. The van der Waals surface area contributed by atoms with E-state index in [1.54, 1.807) is 67.8 Å². The topological polar surface area (TPSA) is 108 Å². The third-order valence-corrected chi connectivity index (χ3v) is 8.23. The molecule has 0 unspecified atom stereocenters. The number of carbonyl (C=O) groups excluding carboxylic acids is 2. The van der Waals surface area contributed by atoms with Gasteiger partial charge in [-0.3, -0.25) is 14.6 Å². The number of aryl methyl sites for hydroxylation is 1. The summed E-state index contributed by atoms with van der Waals surface area (Å²) < 4.78 is 40.7. The van der Waals surface area contributed by atoms with Gasteiger partial charge in [0, 0.05) is 38.4 Å². The highest BCUT2D eigenvalue weighted by Crippen LogP contribution is 2.26. The first-order chi connectivity index (χ1) is 20.3. The van der Waals surface area contributed by atoms with Crippen LogP contribution in [-0.2, 0) is 39.1 Å². The minimum absolute atomic E-state index is 0.0709. The molecule has 218 valence electrons. The smallest absolute Gasteiger partial charge is 0.247 e. The van der Waals surface area contributed by atoms with E-state index in [-0.39, 0.29) is 42.8 Å². The molecule has 10 heteroatoms. The fraction of sp³-hybridized carbons (Fsp3) is 0.219.